The third-order valence-corrected chi connectivity index (χ3v) is 3.38. The monoisotopic (exact) mass is 189 g/mol. The lowest BCUT2D eigenvalue weighted by Crippen LogP contribution is -2.07. The second kappa shape index (κ2) is 3.39. The van der Waals surface area contributed by atoms with Gasteiger partial charge in [0, 0.05) is 13.1 Å². The zero-order valence-corrected chi connectivity index (χ0v) is 9.65. The van der Waals surface area contributed by atoms with Crippen LogP contribution in [0, 0.1) is 13.8 Å². The van der Waals surface area contributed by atoms with E-state index in [4.69, 9.17) is 0 Å². The quantitative estimate of drug-likeness (QED) is 0.656. The fourth-order valence-electron chi connectivity index (χ4n) is 2.68. The molecule has 1 nitrogen and oxygen atoms in total. The molecule has 1 aromatic carbocycles. The molecule has 0 fully saturated rings. The van der Waals surface area contributed by atoms with Gasteiger partial charge in [0.15, 0.2) is 0 Å². The fourth-order valence-corrected chi connectivity index (χ4v) is 2.68. The van der Waals surface area contributed by atoms with E-state index in [0.29, 0.717) is 0 Å². The van der Waals surface area contributed by atoms with Crippen molar-refractivity contribution < 1.29 is 0 Å². The van der Waals surface area contributed by atoms with Crippen LogP contribution in [-0.4, -0.2) is 11.9 Å². The van der Waals surface area contributed by atoms with Crippen LogP contribution in [0.5, 0.6) is 0 Å². The Morgan fingerprint density at radius 1 is 1.29 bits per heavy atom. The third kappa shape index (κ3) is 1.36. The molecule has 0 atom stereocenters. The van der Waals surface area contributed by atoms with E-state index < -0.39 is 0 Å². The van der Waals surface area contributed by atoms with Crippen LogP contribution in [0.3, 0.4) is 0 Å². The highest BCUT2D eigenvalue weighted by Crippen LogP contribution is 2.29. The molecule has 0 unspecified atom stereocenters. The standard InChI is InChI=1S/C13H19N/c1-5-12-9(2)6-11-7-14(4)8-13(11)10(12)3/h6H,5,7-8H2,1-4H3. The Morgan fingerprint density at radius 3 is 2.64 bits per heavy atom. The molecular weight excluding hydrogens is 170 g/mol. The van der Waals surface area contributed by atoms with Crippen molar-refractivity contribution in [2.45, 2.75) is 40.3 Å². The number of aryl methyl sites for hydroxylation is 1. The smallest absolute Gasteiger partial charge is 0.0240 e. The predicted octanol–water partition coefficient (Wildman–Crippen LogP) is 2.81. The minimum Gasteiger partial charge on any atom is -0.298 e. The number of hydrogen-bond donors (Lipinski definition) is 0. The van der Waals surface area contributed by atoms with E-state index in [-0.39, 0.29) is 0 Å². The van der Waals surface area contributed by atoms with E-state index >= 15 is 0 Å². The van der Waals surface area contributed by atoms with E-state index in [1.54, 1.807) is 16.7 Å². The van der Waals surface area contributed by atoms with Crippen molar-refractivity contribution in [2.24, 2.45) is 0 Å². The van der Waals surface area contributed by atoms with Gasteiger partial charge in [-0.3, -0.25) is 4.90 Å². The molecule has 2 rings (SSSR count). The van der Waals surface area contributed by atoms with Gasteiger partial charge >= 0.3 is 0 Å². The van der Waals surface area contributed by atoms with Crippen LogP contribution < -0.4 is 0 Å². The second-order valence-corrected chi connectivity index (χ2v) is 4.46. The van der Waals surface area contributed by atoms with Crippen LogP contribution in [0.2, 0.25) is 0 Å². The maximum absolute atomic E-state index is 2.39. The van der Waals surface area contributed by atoms with Crippen molar-refractivity contribution in [3.05, 3.63) is 33.9 Å². The molecule has 0 saturated carbocycles. The van der Waals surface area contributed by atoms with Crippen LogP contribution in [0.15, 0.2) is 6.07 Å². The van der Waals surface area contributed by atoms with E-state index in [1.807, 2.05) is 0 Å². The van der Waals surface area contributed by atoms with Gasteiger partial charge in [-0.05, 0) is 55.1 Å². The lowest BCUT2D eigenvalue weighted by Gasteiger charge is -2.12. The Bertz CT molecular complexity index is 366. The highest BCUT2D eigenvalue weighted by atomic mass is 15.1. The summed E-state index contributed by atoms with van der Waals surface area (Å²) in [5.41, 5.74) is 7.68. The molecule has 1 heteroatoms. The van der Waals surface area contributed by atoms with Gasteiger partial charge in [-0.25, -0.2) is 0 Å². The Balaban J connectivity index is 2.57. The number of rotatable bonds is 1. The number of fused-ring (bicyclic) bond motifs is 1. The lowest BCUT2D eigenvalue weighted by atomic mass is 9.93. The average Bonchev–Trinajstić information content (AvgIpc) is 2.47. The summed E-state index contributed by atoms with van der Waals surface area (Å²) in [6.45, 7) is 9.03. The van der Waals surface area contributed by atoms with Gasteiger partial charge in [0.05, 0.1) is 0 Å². The fraction of sp³-hybridized carbons (Fsp3) is 0.538. The van der Waals surface area contributed by atoms with Gasteiger partial charge < -0.3 is 0 Å². The first-order chi connectivity index (χ1) is 6.63. The first-order valence-electron chi connectivity index (χ1n) is 5.42. The largest absolute Gasteiger partial charge is 0.298 e. The topological polar surface area (TPSA) is 3.24 Å². The minimum atomic E-state index is 1.13. The van der Waals surface area contributed by atoms with Crippen LogP contribution in [0.1, 0.15) is 34.7 Å². The SMILES string of the molecule is CCc1c(C)cc2c(c1C)CN(C)C2. The second-order valence-electron chi connectivity index (χ2n) is 4.46. The van der Waals surface area contributed by atoms with Gasteiger partial charge in [-0.1, -0.05) is 13.0 Å². The summed E-state index contributed by atoms with van der Waals surface area (Å²) >= 11 is 0. The third-order valence-electron chi connectivity index (χ3n) is 3.38. The van der Waals surface area contributed by atoms with Gasteiger partial charge in [-0.15, -0.1) is 0 Å². The molecule has 0 radical (unpaired) electrons. The van der Waals surface area contributed by atoms with Gasteiger partial charge in [0.25, 0.3) is 0 Å². The van der Waals surface area contributed by atoms with Crippen LogP contribution >= 0.6 is 0 Å². The zero-order chi connectivity index (χ0) is 10.3. The summed E-state index contributed by atoms with van der Waals surface area (Å²) in [5, 5.41) is 0. The van der Waals surface area contributed by atoms with E-state index in [0.717, 1.165) is 19.5 Å². The number of hydrogen-bond acceptors (Lipinski definition) is 1. The molecule has 0 amide bonds. The molecule has 76 valence electrons. The summed E-state index contributed by atoms with van der Waals surface area (Å²) in [7, 11) is 2.19. The average molecular weight is 189 g/mol. The minimum absolute atomic E-state index is 1.13. The van der Waals surface area contributed by atoms with Crippen LogP contribution in [0.4, 0.5) is 0 Å². The Hall–Kier alpha value is -0.820. The van der Waals surface area contributed by atoms with Crippen molar-refractivity contribution in [3.8, 4) is 0 Å². The van der Waals surface area contributed by atoms with Gasteiger partial charge in [0.1, 0.15) is 0 Å². The van der Waals surface area contributed by atoms with Crippen molar-refractivity contribution in [1.29, 1.82) is 0 Å². The molecule has 0 bridgehead atoms. The first-order valence-corrected chi connectivity index (χ1v) is 5.42. The molecular formula is C13H19N. The van der Waals surface area contributed by atoms with E-state index in [9.17, 15) is 0 Å². The number of nitrogens with zero attached hydrogens (tertiary/aromatic N) is 1. The summed E-state index contributed by atoms with van der Waals surface area (Å²) in [5.74, 6) is 0. The molecule has 0 spiro atoms. The van der Waals surface area contributed by atoms with Crippen molar-refractivity contribution in [2.75, 3.05) is 7.05 Å². The number of benzene rings is 1. The molecule has 1 heterocycles. The van der Waals surface area contributed by atoms with Gasteiger partial charge in [-0.2, -0.15) is 0 Å². The Labute approximate surface area is 86.7 Å². The molecule has 0 saturated heterocycles. The molecule has 14 heavy (non-hydrogen) atoms. The maximum Gasteiger partial charge on any atom is 0.0240 e. The highest BCUT2D eigenvalue weighted by molar-refractivity contribution is 5.46. The highest BCUT2D eigenvalue weighted by Gasteiger charge is 2.19. The molecule has 0 aliphatic carbocycles. The molecule has 0 N–H and O–H groups in total. The summed E-state index contributed by atoms with van der Waals surface area (Å²) in [6, 6.07) is 2.38. The van der Waals surface area contributed by atoms with Crippen LogP contribution in [0.25, 0.3) is 0 Å². The molecule has 1 aliphatic heterocycles. The van der Waals surface area contributed by atoms with Crippen molar-refractivity contribution >= 4 is 0 Å². The molecule has 1 aromatic rings. The van der Waals surface area contributed by atoms with Crippen molar-refractivity contribution in [1.82, 2.24) is 4.90 Å². The van der Waals surface area contributed by atoms with Gasteiger partial charge in [0.2, 0.25) is 0 Å². The summed E-state index contributed by atoms with van der Waals surface area (Å²) in [6.07, 6.45) is 1.16. The zero-order valence-electron chi connectivity index (χ0n) is 9.65. The maximum atomic E-state index is 2.39. The lowest BCUT2D eigenvalue weighted by molar-refractivity contribution is 0.353. The molecule has 1 aliphatic rings. The molecule has 0 aromatic heterocycles. The summed E-state index contributed by atoms with van der Waals surface area (Å²) in [4.78, 5) is 2.39. The normalized spacial score (nSPS) is 16.0. The predicted molar refractivity (Wildman–Crippen MR) is 60.5 cm³/mol. The van der Waals surface area contributed by atoms with Crippen molar-refractivity contribution in [3.63, 3.8) is 0 Å². The Morgan fingerprint density at radius 2 is 2.00 bits per heavy atom. The summed E-state index contributed by atoms with van der Waals surface area (Å²) < 4.78 is 0. The van der Waals surface area contributed by atoms with E-state index in [2.05, 4.69) is 38.8 Å². The van der Waals surface area contributed by atoms with Crippen LogP contribution in [-0.2, 0) is 19.5 Å². The Kier molecular flexibility index (Phi) is 2.36. The first kappa shape index (κ1) is 9.72. The van der Waals surface area contributed by atoms with E-state index in [1.165, 1.54) is 11.1 Å².